The molecule has 0 aliphatic heterocycles. The zero-order valence-electron chi connectivity index (χ0n) is 4.67. The maximum atomic E-state index is 8.51. The van der Waals surface area contributed by atoms with Crippen molar-refractivity contribution >= 4 is 0 Å². The highest BCUT2D eigenvalue weighted by Gasteiger charge is 2.40. The Morgan fingerprint density at radius 1 is 1.25 bits per heavy atom. The maximum Gasteiger partial charge on any atom is 0.0503 e. The molecule has 1 aliphatic rings. The van der Waals surface area contributed by atoms with Gasteiger partial charge in [-0.15, -0.1) is 0 Å². The molecule has 46 valence electrons. The minimum Gasteiger partial charge on any atom is -0.396 e. The molecule has 2 N–H and O–H groups in total. The van der Waals surface area contributed by atoms with E-state index in [9.17, 15) is 0 Å². The molecule has 1 saturated carbocycles. The average Bonchev–Trinajstić information content (AvgIpc) is 2.40. The van der Waals surface area contributed by atoms with Crippen molar-refractivity contribution in [3.05, 3.63) is 12.2 Å². The molecule has 2 heteroatoms. The molecule has 2 nitrogen and oxygen atoms in total. The third kappa shape index (κ3) is 0.659. The van der Waals surface area contributed by atoms with Crippen molar-refractivity contribution in [3.8, 4) is 0 Å². The summed E-state index contributed by atoms with van der Waals surface area (Å²) in [5.41, 5.74) is 0.995. The second-order valence-corrected chi connectivity index (χ2v) is 2.15. The maximum absolute atomic E-state index is 8.51. The van der Waals surface area contributed by atoms with Gasteiger partial charge in [0, 0.05) is 11.8 Å². The summed E-state index contributed by atoms with van der Waals surface area (Å²) in [5, 5.41) is 17.0. The second kappa shape index (κ2) is 1.88. The molecule has 0 radical (unpaired) electrons. The molecule has 2 atom stereocenters. The molecule has 0 unspecified atom stereocenters. The van der Waals surface area contributed by atoms with E-state index in [1.807, 2.05) is 0 Å². The molecule has 0 aromatic rings. The first-order valence-electron chi connectivity index (χ1n) is 2.71. The summed E-state index contributed by atoms with van der Waals surface area (Å²) in [6, 6.07) is 0. The van der Waals surface area contributed by atoms with Crippen LogP contribution < -0.4 is 0 Å². The topological polar surface area (TPSA) is 40.5 Å². The van der Waals surface area contributed by atoms with Crippen LogP contribution in [0.15, 0.2) is 12.2 Å². The number of hydrogen-bond donors (Lipinski definition) is 2. The number of hydrogen-bond acceptors (Lipinski definition) is 2. The molecule has 0 bridgehead atoms. The molecule has 8 heavy (non-hydrogen) atoms. The highest BCUT2D eigenvalue weighted by Crippen LogP contribution is 2.42. The van der Waals surface area contributed by atoms with Gasteiger partial charge < -0.3 is 10.2 Å². The highest BCUT2D eigenvalue weighted by atomic mass is 16.3. The molecule has 0 saturated heterocycles. The zero-order chi connectivity index (χ0) is 6.15. The number of aliphatic hydroxyl groups is 2. The van der Waals surface area contributed by atoms with E-state index in [1.165, 1.54) is 0 Å². The van der Waals surface area contributed by atoms with Crippen molar-refractivity contribution in [2.45, 2.75) is 0 Å². The van der Waals surface area contributed by atoms with E-state index < -0.39 is 0 Å². The van der Waals surface area contributed by atoms with Gasteiger partial charge in [-0.3, -0.25) is 0 Å². The number of aliphatic hydroxyl groups excluding tert-OH is 2. The summed E-state index contributed by atoms with van der Waals surface area (Å²) in [6.45, 7) is 3.94. The summed E-state index contributed by atoms with van der Waals surface area (Å²) < 4.78 is 0. The SMILES string of the molecule is C=C1[C@@H](CO)[C@H]1CO. The van der Waals surface area contributed by atoms with Gasteiger partial charge in [-0.25, -0.2) is 0 Å². The quantitative estimate of drug-likeness (QED) is 0.487. The Kier molecular flexibility index (Phi) is 1.36. The molecule has 0 amide bonds. The molecule has 1 aliphatic carbocycles. The van der Waals surface area contributed by atoms with Gasteiger partial charge in [-0.2, -0.15) is 0 Å². The van der Waals surface area contributed by atoms with Gasteiger partial charge >= 0.3 is 0 Å². The predicted octanol–water partition coefficient (Wildman–Crippen LogP) is -0.227. The van der Waals surface area contributed by atoms with Crippen molar-refractivity contribution in [2.24, 2.45) is 11.8 Å². The third-order valence-electron chi connectivity index (χ3n) is 1.72. The van der Waals surface area contributed by atoms with Crippen molar-refractivity contribution in [1.82, 2.24) is 0 Å². The van der Waals surface area contributed by atoms with E-state index in [0.717, 1.165) is 5.57 Å². The summed E-state index contributed by atoms with van der Waals surface area (Å²) >= 11 is 0. The largest absolute Gasteiger partial charge is 0.396 e. The highest BCUT2D eigenvalue weighted by molar-refractivity contribution is 5.25. The fraction of sp³-hybridized carbons (Fsp3) is 0.667. The first kappa shape index (κ1) is 5.79. The normalized spacial score (nSPS) is 35.5. The van der Waals surface area contributed by atoms with E-state index in [4.69, 9.17) is 10.2 Å². The summed E-state index contributed by atoms with van der Waals surface area (Å²) in [5.74, 6) is 0.389. The molecule has 0 aromatic carbocycles. The zero-order valence-corrected chi connectivity index (χ0v) is 4.67. The van der Waals surface area contributed by atoms with Gasteiger partial charge in [-0.1, -0.05) is 12.2 Å². The van der Waals surface area contributed by atoms with Crippen LogP contribution in [0.2, 0.25) is 0 Å². The van der Waals surface area contributed by atoms with Crippen molar-refractivity contribution in [1.29, 1.82) is 0 Å². The molecule has 1 fully saturated rings. The van der Waals surface area contributed by atoms with E-state index in [1.54, 1.807) is 0 Å². The van der Waals surface area contributed by atoms with Crippen molar-refractivity contribution in [3.63, 3.8) is 0 Å². The van der Waals surface area contributed by atoms with E-state index in [0.29, 0.717) is 0 Å². The lowest BCUT2D eigenvalue weighted by molar-refractivity contribution is 0.232. The fourth-order valence-corrected chi connectivity index (χ4v) is 0.934. The molecule has 0 spiro atoms. The Hall–Kier alpha value is -0.340. The lowest BCUT2D eigenvalue weighted by Crippen LogP contribution is -1.91. The lowest BCUT2D eigenvalue weighted by Gasteiger charge is -1.83. The molecular formula is C6H10O2. The molecular weight excluding hydrogens is 104 g/mol. The number of rotatable bonds is 2. The minimum absolute atomic E-state index is 0.143. The Balaban J connectivity index is 2.34. The van der Waals surface area contributed by atoms with Crippen LogP contribution in [0.4, 0.5) is 0 Å². The van der Waals surface area contributed by atoms with Gasteiger partial charge in [0.25, 0.3) is 0 Å². The van der Waals surface area contributed by atoms with Crippen LogP contribution in [-0.2, 0) is 0 Å². The van der Waals surface area contributed by atoms with Crippen LogP contribution in [-0.4, -0.2) is 23.4 Å². The standard InChI is InChI=1S/C6H10O2/c1-4-5(2-7)6(4)3-8/h5-8H,1-3H2/t5-,6+. The van der Waals surface area contributed by atoms with Gasteiger partial charge in [0.05, 0.1) is 13.2 Å². The van der Waals surface area contributed by atoms with Crippen LogP contribution >= 0.6 is 0 Å². The Morgan fingerprint density at radius 2 is 1.62 bits per heavy atom. The Bertz CT molecular complexity index is 97.1. The summed E-state index contributed by atoms with van der Waals surface area (Å²) in [7, 11) is 0. The second-order valence-electron chi connectivity index (χ2n) is 2.15. The summed E-state index contributed by atoms with van der Waals surface area (Å²) in [6.07, 6.45) is 0. The van der Waals surface area contributed by atoms with Crippen molar-refractivity contribution in [2.75, 3.05) is 13.2 Å². The third-order valence-corrected chi connectivity index (χ3v) is 1.72. The average molecular weight is 114 g/mol. The van der Waals surface area contributed by atoms with Crippen LogP contribution in [0.1, 0.15) is 0 Å². The predicted molar refractivity (Wildman–Crippen MR) is 30.3 cm³/mol. The Labute approximate surface area is 48.5 Å². The first-order valence-corrected chi connectivity index (χ1v) is 2.71. The Morgan fingerprint density at radius 3 is 1.75 bits per heavy atom. The van der Waals surface area contributed by atoms with Gasteiger partial charge in [0.2, 0.25) is 0 Å². The lowest BCUT2D eigenvalue weighted by atomic mass is 10.3. The van der Waals surface area contributed by atoms with Gasteiger partial charge in [-0.05, 0) is 0 Å². The van der Waals surface area contributed by atoms with E-state index >= 15 is 0 Å². The van der Waals surface area contributed by atoms with Crippen LogP contribution in [0.5, 0.6) is 0 Å². The van der Waals surface area contributed by atoms with Gasteiger partial charge in [0.1, 0.15) is 0 Å². The van der Waals surface area contributed by atoms with Crippen LogP contribution in [0.25, 0.3) is 0 Å². The monoisotopic (exact) mass is 114 g/mol. The summed E-state index contributed by atoms with van der Waals surface area (Å²) in [4.78, 5) is 0. The smallest absolute Gasteiger partial charge is 0.0503 e. The molecule has 0 aromatic heterocycles. The minimum atomic E-state index is 0.143. The van der Waals surface area contributed by atoms with Gasteiger partial charge in [0.15, 0.2) is 0 Å². The van der Waals surface area contributed by atoms with E-state index in [2.05, 4.69) is 6.58 Å². The van der Waals surface area contributed by atoms with Crippen LogP contribution in [0.3, 0.4) is 0 Å². The van der Waals surface area contributed by atoms with Crippen LogP contribution in [0, 0.1) is 11.8 Å². The first-order chi connectivity index (χ1) is 3.81. The fourth-order valence-electron chi connectivity index (χ4n) is 0.934. The van der Waals surface area contributed by atoms with E-state index in [-0.39, 0.29) is 25.0 Å². The molecule has 1 rings (SSSR count). The van der Waals surface area contributed by atoms with Crippen molar-refractivity contribution < 1.29 is 10.2 Å². The molecule has 0 heterocycles.